The molecule has 0 aliphatic rings. The topological polar surface area (TPSA) is 52.6 Å². The molecular weight excluding hydrogens is 304 g/mol. The predicted molar refractivity (Wildman–Crippen MR) is 95.3 cm³/mol. The highest BCUT2D eigenvalue weighted by atomic mass is 16.6. The van der Waals surface area contributed by atoms with Gasteiger partial charge in [-0.05, 0) is 39.2 Å². The summed E-state index contributed by atoms with van der Waals surface area (Å²) in [5.41, 5.74) is 0.611. The lowest BCUT2D eigenvalue weighted by Crippen LogP contribution is -2.23. The van der Waals surface area contributed by atoms with E-state index >= 15 is 0 Å². The van der Waals surface area contributed by atoms with E-state index in [0.29, 0.717) is 25.9 Å². The minimum atomic E-state index is -0.457. The number of esters is 2. The minimum absolute atomic E-state index is 0.222. The van der Waals surface area contributed by atoms with Crippen molar-refractivity contribution in [3.63, 3.8) is 0 Å². The summed E-state index contributed by atoms with van der Waals surface area (Å²) in [6.45, 7) is 5.82. The van der Waals surface area contributed by atoms with Gasteiger partial charge in [0.2, 0.25) is 0 Å². The van der Waals surface area contributed by atoms with E-state index in [2.05, 4.69) is 0 Å². The zero-order valence-corrected chi connectivity index (χ0v) is 14.7. The summed E-state index contributed by atoms with van der Waals surface area (Å²) in [5.74, 6) is -0.607. The van der Waals surface area contributed by atoms with E-state index in [9.17, 15) is 9.59 Å². The first-order valence-corrected chi connectivity index (χ1v) is 8.15. The molecule has 0 saturated carbocycles. The summed E-state index contributed by atoms with van der Waals surface area (Å²) in [6.07, 6.45) is 8.34. The molecule has 0 N–H and O–H groups in total. The number of hydrogen-bond acceptors (Lipinski definition) is 4. The molecule has 0 spiro atoms. The van der Waals surface area contributed by atoms with E-state index in [1.165, 1.54) is 6.08 Å². The van der Waals surface area contributed by atoms with Gasteiger partial charge in [-0.25, -0.2) is 4.79 Å². The van der Waals surface area contributed by atoms with E-state index < -0.39 is 5.60 Å². The minimum Gasteiger partial charge on any atom is -0.463 e. The van der Waals surface area contributed by atoms with Gasteiger partial charge in [-0.1, -0.05) is 48.6 Å². The normalized spacial score (nSPS) is 11.8. The molecule has 130 valence electrons. The van der Waals surface area contributed by atoms with Gasteiger partial charge in [-0.2, -0.15) is 0 Å². The lowest BCUT2D eigenvalue weighted by molar-refractivity contribution is -0.154. The maximum absolute atomic E-state index is 11.5. The summed E-state index contributed by atoms with van der Waals surface area (Å²) in [6, 6.07) is 9.82. The monoisotopic (exact) mass is 330 g/mol. The van der Waals surface area contributed by atoms with Crippen LogP contribution >= 0.6 is 0 Å². The van der Waals surface area contributed by atoms with Crippen LogP contribution in [0.5, 0.6) is 0 Å². The summed E-state index contributed by atoms with van der Waals surface area (Å²) < 4.78 is 10.3. The van der Waals surface area contributed by atoms with Crippen LogP contribution in [0, 0.1) is 0 Å². The van der Waals surface area contributed by atoms with E-state index in [-0.39, 0.29) is 11.9 Å². The van der Waals surface area contributed by atoms with Gasteiger partial charge in [0.15, 0.2) is 0 Å². The molecule has 0 heterocycles. The number of benzene rings is 1. The van der Waals surface area contributed by atoms with E-state index in [4.69, 9.17) is 9.47 Å². The first kappa shape index (κ1) is 19.7. The van der Waals surface area contributed by atoms with Crippen molar-refractivity contribution >= 4 is 18.0 Å². The Morgan fingerprint density at radius 2 is 1.75 bits per heavy atom. The van der Waals surface area contributed by atoms with Crippen molar-refractivity contribution in [3.05, 3.63) is 54.1 Å². The molecule has 1 aromatic carbocycles. The van der Waals surface area contributed by atoms with Crippen LogP contribution in [-0.2, 0) is 19.1 Å². The number of carbonyl (C=O) groups is 2. The van der Waals surface area contributed by atoms with Crippen LogP contribution in [0.3, 0.4) is 0 Å². The number of unbranched alkanes of at least 4 members (excludes halogenated alkanes) is 1. The van der Waals surface area contributed by atoms with Crippen LogP contribution in [0.2, 0.25) is 0 Å². The van der Waals surface area contributed by atoms with Crippen molar-refractivity contribution < 1.29 is 19.1 Å². The van der Waals surface area contributed by atoms with Crippen molar-refractivity contribution in [2.24, 2.45) is 0 Å². The lowest BCUT2D eigenvalue weighted by Gasteiger charge is -2.19. The zero-order valence-electron chi connectivity index (χ0n) is 14.7. The maximum Gasteiger partial charge on any atom is 0.330 e. The van der Waals surface area contributed by atoms with Gasteiger partial charge in [-0.15, -0.1) is 0 Å². The molecule has 24 heavy (non-hydrogen) atoms. The molecule has 0 amide bonds. The Kier molecular flexibility index (Phi) is 8.55. The second-order valence-electron chi connectivity index (χ2n) is 6.34. The Labute approximate surface area is 144 Å². The molecule has 0 atom stereocenters. The standard InChI is InChI=1S/C20H26O4/c1-20(2,3)24-19(22)15-9-10-16-23-18(21)14-8-7-13-17-11-5-4-6-12-17/h4-8,11-14H,9-10,15-16H2,1-3H3/b13-7+,14-8+. The molecule has 0 aliphatic carbocycles. The first-order chi connectivity index (χ1) is 11.4. The molecule has 1 aromatic rings. The van der Waals surface area contributed by atoms with E-state index in [1.807, 2.05) is 57.2 Å². The smallest absolute Gasteiger partial charge is 0.330 e. The third-order valence-corrected chi connectivity index (χ3v) is 2.87. The fourth-order valence-electron chi connectivity index (χ4n) is 1.85. The van der Waals surface area contributed by atoms with Crippen LogP contribution in [0.15, 0.2) is 48.6 Å². The molecular formula is C20H26O4. The molecule has 4 heteroatoms. The molecule has 0 bridgehead atoms. The number of ether oxygens (including phenoxy) is 2. The Bertz CT molecular complexity index is 565. The SMILES string of the molecule is CC(C)(C)OC(=O)CCCCOC(=O)/C=C/C=C/c1ccccc1. The largest absolute Gasteiger partial charge is 0.463 e. The number of allylic oxidation sites excluding steroid dienone is 2. The Morgan fingerprint density at radius 1 is 1.04 bits per heavy atom. The molecule has 0 radical (unpaired) electrons. The quantitative estimate of drug-likeness (QED) is 0.308. The third kappa shape index (κ3) is 10.4. The van der Waals surface area contributed by atoms with Crippen molar-refractivity contribution in [2.45, 2.75) is 45.6 Å². The zero-order chi connectivity index (χ0) is 17.8. The van der Waals surface area contributed by atoms with Crippen molar-refractivity contribution in [2.75, 3.05) is 6.61 Å². The van der Waals surface area contributed by atoms with Crippen LogP contribution in [-0.4, -0.2) is 24.1 Å². The van der Waals surface area contributed by atoms with Gasteiger partial charge in [-0.3, -0.25) is 4.79 Å². The van der Waals surface area contributed by atoms with Gasteiger partial charge < -0.3 is 9.47 Å². The summed E-state index contributed by atoms with van der Waals surface area (Å²) in [7, 11) is 0. The molecule has 0 fully saturated rings. The maximum atomic E-state index is 11.5. The average molecular weight is 330 g/mol. The van der Waals surface area contributed by atoms with Gasteiger partial charge in [0, 0.05) is 12.5 Å². The van der Waals surface area contributed by atoms with Crippen LogP contribution in [0.25, 0.3) is 6.08 Å². The highest BCUT2D eigenvalue weighted by Crippen LogP contribution is 2.09. The molecule has 1 rings (SSSR count). The van der Waals surface area contributed by atoms with Crippen LogP contribution in [0.4, 0.5) is 0 Å². The number of carbonyl (C=O) groups excluding carboxylic acids is 2. The third-order valence-electron chi connectivity index (χ3n) is 2.87. The number of rotatable bonds is 8. The average Bonchev–Trinajstić information content (AvgIpc) is 2.50. The summed E-state index contributed by atoms with van der Waals surface area (Å²) in [4.78, 5) is 23.0. The van der Waals surface area contributed by atoms with Crippen LogP contribution < -0.4 is 0 Å². The molecule has 0 aromatic heterocycles. The fourth-order valence-corrected chi connectivity index (χ4v) is 1.85. The molecule has 0 saturated heterocycles. The Hall–Kier alpha value is -2.36. The summed E-state index contributed by atoms with van der Waals surface area (Å²) in [5, 5.41) is 0. The van der Waals surface area contributed by atoms with Crippen molar-refractivity contribution in [1.29, 1.82) is 0 Å². The predicted octanol–water partition coefficient (Wildman–Crippen LogP) is 4.31. The molecule has 0 unspecified atom stereocenters. The van der Waals surface area contributed by atoms with E-state index in [1.54, 1.807) is 12.2 Å². The van der Waals surface area contributed by atoms with Crippen molar-refractivity contribution in [3.8, 4) is 0 Å². The van der Waals surface area contributed by atoms with Gasteiger partial charge >= 0.3 is 11.9 Å². The van der Waals surface area contributed by atoms with Gasteiger partial charge in [0.05, 0.1) is 6.61 Å². The summed E-state index contributed by atoms with van der Waals surface area (Å²) >= 11 is 0. The van der Waals surface area contributed by atoms with Gasteiger partial charge in [0.25, 0.3) is 0 Å². The highest BCUT2D eigenvalue weighted by Gasteiger charge is 2.15. The van der Waals surface area contributed by atoms with Gasteiger partial charge in [0.1, 0.15) is 5.60 Å². The first-order valence-electron chi connectivity index (χ1n) is 8.15. The van der Waals surface area contributed by atoms with E-state index in [0.717, 1.165) is 5.56 Å². The second-order valence-corrected chi connectivity index (χ2v) is 6.34. The molecule has 4 nitrogen and oxygen atoms in total. The second kappa shape index (κ2) is 10.4. The van der Waals surface area contributed by atoms with Crippen LogP contribution in [0.1, 0.15) is 45.6 Å². The lowest BCUT2D eigenvalue weighted by atomic mass is 10.2. The fraction of sp³-hybridized carbons (Fsp3) is 0.400. The number of hydrogen-bond donors (Lipinski definition) is 0. The molecule has 0 aliphatic heterocycles. The van der Waals surface area contributed by atoms with Crippen molar-refractivity contribution in [1.82, 2.24) is 0 Å². The Morgan fingerprint density at radius 3 is 2.42 bits per heavy atom. The Balaban J connectivity index is 2.13. The highest BCUT2D eigenvalue weighted by molar-refractivity contribution is 5.82.